The van der Waals surface area contributed by atoms with Gasteiger partial charge in [0.1, 0.15) is 0 Å². The molecule has 0 spiro atoms. The van der Waals surface area contributed by atoms with Crippen molar-refractivity contribution in [2.75, 3.05) is 13.2 Å². The molecule has 0 aromatic carbocycles. The van der Waals surface area contributed by atoms with Gasteiger partial charge in [-0.25, -0.2) is 0 Å². The minimum absolute atomic E-state index is 0.00237. The topological polar surface area (TPSA) is 55.2 Å². The first-order valence-electron chi connectivity index (χ1n) is 11.3. The highest BCUT2D eigenvalue weighted by molar-refractivity contribution is 7.80. The van der Waals surface area contributed by atoms with Crippen LogP contribution in [0, 0.1) is 13.8 Å². The Kier molecular flexibility index (Phi) is 5.93. The van der Waals surface area contributed by atoms with Gasteiger partial charge in [0.2, 0.25) is 0 Å². The molecule has 0 bridgehead atoms. The number of nitrogens with one attached hydrogen (secondary N) is 1. The standard InChI is InChI=1S/C25H29N5OS/c1-17-13-21(18(2)29(17)15-19-7-5-10-26-14-19)24-23(22-9-3-4-11-27-22)28-25(32)30(24)16-20-8-6-12-31-20/h3-5,7,9-11,13-14,20,23-24H,6,8,12,15-16H2,1-2H3,(H,28,32)/t20-,23+,24+/m0/s1. The van der Waals surface area contributed by atoms with Crippen molar-refractivity contribution in [1.29, 1.82) is 0 Å². The Morgan fingerprint density at radius 1 is 1.19 bits per heavy atom. The van der Waals surface area contributed by atoms with Crippen LogP contribution in [0.1, 0.15) is 53.1 Å². The summed E-state index contributed by atoms with van der Waals surface area (Å²) in [4.78, 5) is 11.3. The van der Waals surface area contributed by atoms with E-state index in [4.69, 9.17) is 17.0 Å². The molecule has 2 aliphatic rings. The summed E-state index contributed by atoms with van der Waals surface area (Å²) < 4.78 is 8.34. The van der Waals surface area contributed by atoms with E-state index >= 15 is 0 Å². The van der Waals surface area contributed by atoms with Crippen LogP contribution in [0.2, 0.25) is 0 Å². The third-order valence-electron chi connectivity index (χ3n) is 6.62. The molecule has 0 amide bonds. The second kappa shape index (κ2) is 9.00. The van der Waals surface area contributed by atoms with Gasteiger partial charge >= 0.3 is 0 Å². The molecule has 3 atom stereocenters. The normalized spacial score (nSPS) is 23.0. The molecular formula is C25H29N5OS. The third kappa shape index (κ3) is 4.02. The van der Waals surface area contributed by atoms with Gasteiger partial charge in [-0.1, -0.05) is 12.1 Å². The maximum atomic E-state index is 5.97. The van der Waals surface area contributed by atoms with Gasteiger partial charge in [-0.15, -0.1) is 0 Å². The van der Waals surface area contributed by atoms with Gasteiger partial charge in [-0.2, -0.15) is 0 Å². The van der Waals surface area contributed by atoms with Crippen molar-refractivity contribution < 1.29 is 4.74 Å². The maximum absolute atomic E-state index is 5.97. The summed E-state index contributed by atoms with van der Waals surface area (Å²) in [6.45, 7) is 6.82. The van der Waals surface area contributed by atoms with E-state index in [9.17, 15) is 0 Å². The number of ether oxygens (including phenoxy) is 1. The summed E-state index contributed by atoms with van der Waals surface area (Å²) in [5.74, 6) is 0. The average molecular weight is 448 g/mol. The lowest BCUT2D eigenvalue weighted by atomic mass is 9.96. The molecule has 1 N–H and O–H groups in total. The molecule has 0 radical (unpaired) electrons. The molecule has 2 saturated heterocycles. The van der Waals surface area contributed by atoms with Crippen LogP contribution < -0.4 is 5.32 Å². The van der Waals surface area contributed by atoms with Crippen molar-refractivity contribution in [2.45, 2.75) is 51.4 Å². The van der Waals surface area contributed by atoms with Crippen molar-refractivity contribution in [1.82, 2.24) is 24.8 Å². The van der Waals surface area contributed by atoms with Gasteiger partial charge in [0.25, 0.3) is 0 Å². The molecule has 7 heteroatoms. The molecular weight excluding hydrogens is 418 g/mol. The summed E-state index contributed by atoms with van der Waals surface area (Å²) in [6, 6.07) is 12.6. The van der Waals surface area contributed by atoms with Gasteiger partial charge in [0, 0.05) is 49.7 Å². The lowest BCUT2D eigenvalue weighted by Crippen LogP contribution is -2.36. The van der Waals surface area contributed by atoms with Gasteiger partial charge in [-0.3, -0.25) is 9.97 Å². The highest BCUT2D eigenvalue weighted by atomic mass is 32.1. The van der Waals surface area contributed by atoms with Gasteiger partial charge in [0.15, 0.2) is 5.11 Å². The fourth-order valence-corrected chi connectivity index (χ4v) is 5.31. The van der Waals surface area contributed by atoms with Crippen LogP contribution in [-0.4, -0.2) is 43.8 Å². The highest BCUT2D eigenvalue weighted by Gasteiger charge is 2.42. The lowest BCUT2D eigenvalue weighted by Gasteiger charge is -2.30. The summed E-state index contributed by atoms with van der Waals surface area (Å²) >= 11 is 5.83. The molecule has 0 saturated carbocycles. The first-order valence-corrected chi connectivity index (χ1v) is 11.7. The minimum Gasteiger partial charge on any atom is -0.376 e. The van der Waals surface area contributed by atoms with Gasteiger partial charge in [0.05, 0.1) is 23.9 Å². The average Bonchev–Trinajstić information content (AvgIpc) is 3.51. The number of aromatic nitrogens is 3. The Morgan fingerprint density at radius 3 is 2.81 bits per heavy atom. The minimum atomic E-state index is -0.00237. The van der Waals surface area contributed by atoms with Crippen LogP contribution in [0.4, 0.5) is 0 Å². The van der Waals surface area contributed by atoms with E-state index in [0.29, 0.717) is 0 Å². The smallest absolute Gasteiger partial charge is 0.170 e. The van der Waals surface area contributed by atoms with Crippen molar-refractivity contribution in [3.8, 4) is 0 Å². The predicted octanol–water partition coefficient (Wildman–Crippen LogP) is 4.09. The highest BCUT2D eigenvalue weighted by Crippen LogP contribution is 2.41. The SMILES string of the molecule is Cc1cc([C@@H]2[C@@H](c3ccccn3)NC(=S)N2C[C@@H]2CCCO2)c(C)n1Cc1cccnc1. The fraction of sp³-hybridized carbons (Fsp3) is 0.400. The zero-order valence-electron chi connectivity index (χ0n) is 18.6. The van der Waals surface area contributed by atoms with Crippen LogP contribution in [0.15, 0.2) is 55.0 Å². The molecule has 5 heterocycles. The van der Waals surface area contributed by atoms with Crippen LogP contribution in [0.25, 0.3) is 0 Å². The zero-order chi connectivity index (χ0) is 22.1. The molecule has 6 nitrogen and oxygen atoms in total. The van der Waals surface area contributed by atoms with Crippen molar-refractivity contribution in [2.24, 2.45) is 0 Å². The second-order valence-electron chi connectivity index (χ2n) is 8.69. The van der Waals surface area contributed by atoms with Crippen molar-refractivity contribution in [3.05, 3.63) is 83.2 Å². The van der Waals surface area contributed by atoms with E-state index in [1.54, 1.807) is 0 Å². The second-order valence-corrected chi connectivity index (χ2v) is 9.07. The molecule has 5 rings (SSSR count). The molecule has 3 aromatic rings. The van der Waals surface area contributed by atoms with Crippen molar-refractivity contribution >= 4 is 17.3 Å². The first-order chi connectivity index (χ1) is 15.6. The Morgan fingerprint density at radius 2 is 2.09 bits per heavy atom. The van der Waals surface area contributed by atoms with E-state index in [0.717, 1.165) is 43.3 Å². The Bertz CT molecular complexity index is 1080. The van der Waals surface area contributed by atoms with Gasteiger partial charge < -0.3 is 19.5 Å². The molecule has 2 fully saturated rings. The van der Waals surface area contributed by atoms with Crippen LogP contribution in [0.5, 0.6) is 0 Å². The van der Waals surface area contributed by atoms with E-state index in [2.05, 4.69) is 56.8 Å². The number of hydrogen-bond acceptors (Lipinski definition) is 4. The van der Waals surface area contributed by atoms with Crippen LogP contribution in [0.3, 0.4) is 0 Å². The largest absolute Gasteiger partial charge is 0.376 e. The van der Waals surface area contributed by atoms with Crippen LogP contribution in [-0.2, 0) is 11.3 Å². The zero-order valence-corrected chi connectivity index (χ0v) is 19.4. The molecule has 166 valence electrons. The van der Waals surface area contributed by atoms with Gasteiger partial charge in [-0.05, 0) is 74.3 Å². The number of hydrogen-bond donors (Lipinski definition) is 1. The summed E-state index contributed by atoms with van der Waals surface area (Å²) in [6.07, 6.45) is 8.03. The number of rotatable bonds is 6. The first kappa shape index (κ1) is 21.1. The van der Waals surface area contributed by atoms with Crippen LogP contribution >= 0.6 is 12.2 Å². The van der Waals surface area contributed by atoms with E-state index in [1.807, 2.05) is 36.8 Å². The quantitative estimate of drug-likeness (QED) is 0.575. The maximum Gasteiger partial charge on any atom is 0.170 e. The summed E-state index contributed by atoms with van der Waals surface area (Å²) in [5, 5.41) is 4.34. The number of pyridine rings is 2. The monoisotopic (exact) mass is 447 g/mol. The van der Waals surface area contributed by atoms with E-state index in [1.165, 1.54) is 22.5 Å². The number of aryl methyl sites for hydroxylation is 1. The number of nitrogens with zero attached hydrogens (tertiary/aromatic N) is 4. The lowest BCUT2D eigenvalue weighted by molar-refractivity contribution is 0.0842. The Labute approximate surface area is 194 Å². The predicted molar refractivity (Wildman–Crippen MR) is 128 cm³/mol. The van der Waals surface area contributed by atoms with E-state index in [-0.39, 0.29) is 18.2 Å². The fourth-order valence-electron chi connectivity index (χ4n) is 4.99. The third-order valence-corrected chi connectivity index (χ3v) is 6.97. The molecule has 32 heavy (non-hydrogen) atoms. The molecule has 2 aliphatic heterocycles. The van der Waals surface area contributed by atoms with Crippen molar-refractivity contribution in [3.63, 3.8) is 0 Å². The van der Waals surface area contributed by atoms with E-state index < -0.39 is 0 Å². The molecule has 0 unspecified atom stereocenters. The number of thiocarbonyl (C=S) groups is 1. The summed E-state index contributed by atoms with van der Waals surface area (Å²) in [7, 11) is 0. The molecule has 3 aromatic heterocycles. The Balaban J connectivity index is 1.53. The summed E-state index contributed by atoms with van der Waals surface area (Å²) in [5.41, 5.74) is 5.97. The molecule has 0 aliphatic carbocycles. The Hall–Kier alpha value is -2.77.